The third-order valence-corrected chi connectivity index (χ3v) is 4.92. The predicted molar refractivity (Wildman–Crippen MR) is 72.5 cm³/mol. The topological polar surface area (TPSA) is 55.1 Å². The van der Waals surface area contributed by atoms with Crippen LogP contribution in [-0.2, 0) is 4.79 Å². The minimum absolute atomic E-state index is 0.0470. The lowest BCUT2D eigenvalue weighted by Crippen LogP contribution is -2.56. The molecule has 0 heterocycles. The molecule has 4 heteroatoms. The molecular weight excluding hydrogens is 232 g/mol. The molecular formula is C13H22N2OS. The average molecular weight is 254 g/mol. The molecule has 0 radical (unpaired) electrons. The molecule has 2 aliphatic carbocycles. The second-order valence-corrected chi connectivity index (χ2v) is 7.00. The van der Waals surface area contributed by atoms with Crippen LogP contribution in [0.15, 0.2) is 0 Å². The van der Waals surface area contributed by atoms with E-state index in [1.165, 1.54) is 6.42 Å². The lowest BCUT2D eigenvalue weighted by molar-refractivity contribution is -0.132. The van der Waals surface area contributed by atoms with Gasteiger partial charge in [-0.05, 0) is 36.5 Å². The quantitative estimate of drug-likeness (QED) is 0.753. The zero-order valence-corrected chi connectivity index (χ0v) is 11.7. The van der Waals surface area contributed by atoms with Crippen LogP contribution in [0, 0.1) is 22.7 Å². The van der Waals surface area contributed by atoms with Gasteiger partial charge in [0.15, 0.2) is 0 Å². The van der Waals surface area contributed by atoms with Gasteiger partial charge in [0, 0.05) is 6.54 Å². The molecule has 2 fully saturated rings. The maximum Gasteiger partial charge on any atom is 0.233 e. The molecule has 2 saturated carbocycles. The summed E-state index contributed by atoms with van der Waals surface area (Å²) in [7, 11) is 0. The third kappa shape index (κ3) is 2.19. The Morgan fingerprint density at radius 1 is 1.41 bits per heavy atom. The van der Waals surface area contributed by atoms with Crippen molar-refractivity contribution >= 4 is 23.1 Å². The first-order chi connectivity index (χ1) is 7.78. The standard InChI is InChI=1S/C13H22N2OS/c1-8-4-13(5-8,10(14)17)11(16)15-7-9-6-12(9,2)3/h8-9H,4-7H2,1-3H3,(H2,14,17)(H,15,16). The second kappa shape index (κ2) is 3.94. The minimum atomic E-state index is -0.548. The number of carbonyl (C=O) groups excluding carboxylic acids is 1. The normalized spacial score (nSPS) is 38.1. The van der Waals surface area contributed by atoms with Crippen molar-refractivity contribution in [2.45, 2.75) is 40.0 Å². The van der Waals surface area contributed by atoms with Gasteiger partial charge in [-0.15, -0.1) is 0 Å². The molecule has 0 aromatic heterocycles. The Balaban J connectivity index is 1.88. The summed E-state index contributed by atoms with van der Waals surface area (Å²) < 4.78 is 0. The van der Waals surface area contributed by atoms with Crippen LogP contribution in [0.3, 0.4) is 0 Å². The highest BCUT2D eigenvalue weighted by molar-refractivity contribution is 7.80. The van der Waals surface area contributed by atoms with E-state index in [-0.39, 0.29) is 5.91 Å². The monoisotopic (exact) mass is 254 g/mol. The highest BCUT2D eigenvalue weighted by atomic mass is 32.1. The maximum absolute atomic E-state index is 12.2. The lowest BCUT2D eigenvalue weighted by atomic mass is 9.62. The zero-order chi connectivity index (χ0) is 12.8. The number of nitrogens with one attached hydrogen (secondary N) is 1. The van der Waals surface area contributed by atoms with Gasteiger partial charge in [-0.25, -0.2) is 0 Å². The number of thiocarbonyl (C=S) groups is 1. The van der Waals surface area contributed by atoms with E-state index in [0.29, 0.717) is 22.2 Å². The summed E-state index contributed by atoms with van der Waals surface area (Å²) >= 11 is 5.07. The smallest absolute Gasteiger partial charge is 0.233 e. The molecule has 0 aliphatic heterocycles. The van der Waals surface area contributed by atoms with Gasteiger partial charge in [0.1, 0.15) is 0 Å². The van der Waals surface area contributed by atoms with Crippen LogP contribution < -0.4 is 11.1 Å². The first-order valence-corrected chi connectivity index (χ1v) is 6.77. The Labute approximate surface area is 109 Å². The SMILES string of the molecule is CC1CC(C(=O)NCC2CC2(C)C)(C(N)=S)C1. The fourth-order valence-corrected chi connectivity index (χ4v) is 3.20. The minimum Gasteiger partial charge on any atom is -0.392 e. The van der Waals surface area contributed by atoms with E-state index >= 15 is 0 Å². The summed E-state index contributed by atoms with van der Waals surface area (Å²) in [6, 6.07) is 0. The van der Waals surface area contributed by atoms with Gasteiger partial charge >= 0.3 is 0 Å². The molecule has 3 nitrogen and oxygen atoms in total. The molecule has 0 spiro atoms. The molecule has 1 atom stereocenters. The van der Waals surface area contributed by atoms with Crippen molar-refractivity contribution in [3.63, 3.8) is 0 Å². The Hall–Kier alpha value is -0.640. The van der Waals surface area contributed by atoms with Gasteiger partial charge in [0.05, 0.1) is 10.4 Å². The van der Waals surface area contributed by atoms with Gasteiger partial charge in [-0.1, -0.05) is 33.0 Å². The molecule has 0 aromatic rings. The van der Waals surface area contributed by atoms with Crippen molar-refractivity contribution in [3.8, 4) is 0 Å². The Morgan fingerprint density at radius 3 is 2.29 bits per heavy atom. The second-order valence-electron chi connectivity index (χ2n) is 6.56. The van der Waals surface area contributed by atoms with Crippen LogP contribution in [0.1, 0.15) is 40.0 Å². The molecule has 1 unspecified atom stereocenters. The van der Waals surface area contributed by atoms with E-state index in [2.05, 4.69) is 26.1 Å². The number of amides is 1. The van der Waals surface area contributed by atoms with Crippen LogP contribution in [0.4, 0.5) is 0 Å². The van der Waals surface area contributed by atoms with E-state index in [9.17, 15) is 4.79 Å². The van der Waals surface area contributed by atoms with Gasteiger partial charge in [0.25, 0.3) is 0 Å². The largest absolute Gasteiger partial charge is 0.392 e. The van der Waals surface area contributed by atoms with Gasteiger partial charge in [-0.2, -0.15) is 0 Å². The molecule has 96 valence electrons. The van der Waals surface area contributed by atoms with Gasteiger partial charge < -0.3 is 11.1 Å². The van der Waals surface area contributed by atoms with Crippen molar-refractivity contribution in [3.05, 3.63) is 0 Å². The molecule has 0 bridgehead atoms. The highest BCUT2D eigenvalue weighted by Crippen LogP contribution is 2.51. The summed E-state index contributed by atoms with van der Waals surface area (Å²) in [5.74, 6) is 1.22. The Morgan fingerprint density at radius 2 is 1.94 bits per heavy atom. The Bertz CT molecular complexity index is 358. The fraction of sp³-hybridized carbons (Fsp3) is 0.846. The van der Waals surface area contributed by atoms with Crippen molar-refractivity contribution in [2.24, 2.45) is 28.4 Å². The molecule has 1 amide bonds. The van der Waals surface area contributed by atoms with E-state index in [0.717, 1.165) is 19.4 Å². The van der Waals surface area contributed by atoms with Crippen molar-refractivity contribution in [1.82, 2.24) is 5.32 Å². The molecule has 0 saturated heterocycles. The summed E-state index contributed by atoms with van der Waals surface area (Å²) in [5, 5.41) is 3.04. The van der Waals surface area contributed by atoms with Crippen LogP contribution in [0.25, 0.3) is 0 Å². The maximum atomic E-state index is 12.2. The first-order valence-electron chi connectivity index (χ1n) is 6.36. The Kier molecular flexibility index (Phi) is 2.97. The van der Waals surface area contributed by atoms with Crippen LogP contribution in [0.5, 0.6) is 0 Å². The number of nitrogens with two attached hydrogens (primary N) is 1. The summed E-state index contributed by atoms with van der Waals surface area (Å²) in [6.07, 6.45) is 2.81. The predicted octanol–water partition coefficient (Wildman–Crippen LogP) is 1.85. The molecule has 17 heavy (non-hydrogen) atoms. The van der Waals surface area contributed by atoms with E-state index in [1.54, 1.807) is 0 Å². The average Bonchev–Trinajstić information content (AvgIpc) is 2.77. The third-order valence-electron chi connectivity index (χ3n) is 4.53. The van der Waals surface area contributed by atoms with E-state index in [1.807, 2.05) is 0 Å². The van der Waals surface area contributed by atoms with Crippen LogP contribution in [0.2, 0.25) is 0 Å². The van der Waals surface area contributed by atoms with Crippen molar-refractivity contribution in [1.29, 1.82) is 0 Å². The molecule has 2 rings (SSSR count). The van der Waals surface area contributed by atoms with Crippen molar-refractivity contribution < 1.29 is 4.79 Å². The van der Waals surface area contributed by atoms with E-state index in [4.69, 9.17) is 18.0 Å². The van der Waals surface area contributed by atoms with Crippen LogP contribution in [-0.4, -0.2) is 17.4 Å². The summed E-state index contributed by atoms with van der Waals surface area (Å²) in [4.78, 5) is 12.6. The van der Waals surface area contributed by atoms with Crippen molar-refractivity contribution in [2.75, 3.05) is 6.54 Å². The molecule has 3 N–H and O–H groups in total. The number of rotatable bonds is 4. The van der Waals surface area contributed by atoms with Gasteiger partial charge in [-0.3, -0.25) is 4.79 Å². The highest BCUT2D eigenvalue weighted by Gasteiger charge is 2.52. The number of hydrogen-bond acceptors (Lipinski definition) is 2. The lowest BCUT2D eigenvalue weighted by Gasteiger charge is -2.44. The summed E-state index contributed by atoms with van der Waals surface area (Å²) in [5.41, 5.74) is 5.59. The van der Waals surface area contributed by atoms with E-state index < -0.39 is 5.41 Å². The van der Waals surface area contributed by atoms with Gasteiger partial charge in [0.2, 0.25) is 5.91 Å². The summed E-state index contributed by atoms with van der Waals surface area (Å²) in [6.45, 7) is 7.37. The number of carbonyl (C=O) groups is 1. The number of hydrogen-bond donors (Lipinski definition) is 2. The molecule has 0 aromatic carbocycles. The first kappa shape index (κ1) is 12.8. The van der Waals surface area contributed by atoms with Crippen LogP contribution >= 0.6 is 12.2 Å². The zero-order valence-electron chi connectivity index (χ0n) is 10.9. The fourth-order valence-electron chi connectivity index (χ4n) is 2.94. The molecule has 2 aliphatic rings.